The van der Waals surface area contributed by atoms with Gasteiger partial charge in [-0.1, -0.05) is 30.3 Å². The van der Waals surface area contributed by atoms with Crippen LogP contribution in [0.3, 0.4) is 0 Å². The fourth-order valence-electron chi connectivity index (χ4n) is 2.53. The Kier molecular flexibility index (Phi) is 6.36. The first-order valence-corrected chi connectivity index (χ1v) is 8.74. The standard InChI is InChI=1S/C22H20N2O4/c1-27-21-13-16(11-12-23-21)14-24-20(25)15-28-19-9-7-18(8-10-19)22(26)17-5-3-2-4-6-17/h2-13H,14-15H2,1H3,(H,24,25). The third-order valence-corrected chi connectivity index (χ3v) is 4.02. The number of amides is 1. The molecule has 0 aliphatic heterocycles. The highest BCUT2D eigenvalue weighted by Gasteiger charge is 2.09. The zero-order chi connectivity index (χ0) is 19.8. The van der Waals surface area contributed by atoms with Gasteiger partial charge in [0.2, 0.25) is 5.88 Å². The Morgan fingerprint density at radius 2 is 1.68 bits per heavy atom. The van der Waals surface area contributed by atoms with Crippen molar-refractivity contribution < 1.29 is 19.1 Å². The van der Waals surface area contributed by atoms with E-state index in [-0.39, 0.29) is 18.3 Å². The van der Waals surface area contributed by atoms with Crippen LogP contribution in [0.2, 0.25) is 0 Å². The second kappa shape index (κ2) is 9.32. The first-order valence-electron chi connectivity index (χ1n) is 8.74. The summed E-state index contributed by atoms with van der Waals surface area (Å²) in [7, 11) is 1.54. The van der Waals surface area contributed by atoms with Crippen LogP contribution in [0.25, 0.3) is 0 Å². The first kappa shape index (κ1) is 19.1. The van der Waals surface area contributed by atoms with Crippen molar-refractivity contribution in [2.24, 2.45) is 0 Å². The third kappa shape index (κ3) is 5.17. The van der Waals surface area contributed by atoms with Crippen molar-refractivity contribution in [3.8, 4) is 11.6 Å². The Hall–Kier alpha value is -3.67. The van der Waals surface area contributed by atoms with Crippen LogP contribution in [0.4, 0.5) is 0 Å². The van der Waals surface area contributed by atoms with E-state index in [1.54, 1.807) is 54.7 Å². The van der Waals surface area contributed by atoms with E-state index in [1.165, 1.54) is 7.11 Å². The molecule has 28 heavy (non-hydrogen) atoms. The summed E-state index contributed by atoms with van der Waals surface area (Å²) in [5.41, 5.74) is 2.07. The number of carbonyl (C=O) groups excluding carboxylic acids is 2. The Balaban J connectivity index is 1.49. The molecule has 0 aliphatic carbocycles. The molecular weight excluding hydrogens is 356 g/mol. The van der Waals surface area contributed by atoms with Crippen LogP contribution < -0.4 is 14.8 Å². The molecule has 0 aliphatic rings. The second-order valence-electron chi connectivity index (χ2n) is 5.99. The van der Waals surface area contributed by atoms with Gasteiger partial charge in [0.25, 0.3) is 5.91 Å². The average molecular weight is 376 g/mol. The van der Waals surface area contributed by atoms with Crippen molar-refractivity contribution in [1.29, 1.82) is 0 Å². The normalized spacial score (nSPS) is 10.2. The summed E-state index contributed by atoms with van der Waals surface area (Å²) in [4.78, 5) is 28.4. The molecule has 2 aromatic carbocycles. The molecule has 0 spiro atoms. The minimum absolute atomic E-state index is 0.0577. The van der Waals surface area contributed by atoms with Crippen LogP contribution in [0.5, 0.6) is 11.6 Å². The van der Waals surface area contributed by atoms with Crippen molar-refractivity contribution in [2.45, 2.75) is 6.54 Å². The minimum atomic E-state index is -0.250. The fourth-order valence-corrected chi connectivity index (χ4v) is 2.53. The van der Waals surface area contributed by atoms with Crippen molar-refractivity contribution in [3.63, 3.8) is 0 Å². The summed E-state index contributed by atoms with van der Waals surface area (Å²) >= 11 is 0. The molecule has 6 nitrogen and oxygen atoms in total. The predicted octanol–water partition coefficient (Wildman–Crippen LogP) is 3.02. The van der Waals surface area contributed by atoms with Crippen molar-refractivity contribution in [3.05, 3.63) is 89.6 Å². The van der Waals surface area contributed by atoms with Crippen LogP contribution in [0.15, 0.2) is 72.9 Å². The number of nitrogens with one attached hydrogen (secondary N) is 1. The third-order valence-electron chi connectivity index (χ3n) is 4.02. The lowest BCUT2D eigenvalue weighted by atomic mass is 10.0. The molecule has 3 aromatic rings. The zero-order valence-electron chi connectivity index (χ0n) is 15.4. The molecule has 0 bridgehead atoms. The van der Waals surface area contributed by atoms with Crippen molar-refractivity contribution in [2.75, 3.05) is 13.7 Å². The van der Waals surface area contributed by atoms with Gasteiger partial charge in [0, 0.05) is 29.9 Å². The number of ether oxygens (including phenoxy) is 2. The van der Waals surface area contributed by atoms with Crippen LogP contribution in [-0.4, -0.2) is 30.4 Å². The number of hydrogen-bond donors (Lipinski definition) is 1. The molecule has 0 radical (unpaired) electrons. The molecule has 6 heteroatoms. The average Bonchev–Trinajstić information content (AvgIpc) is 2.77. The lowest BCUT2D eigenvalue weighted by molar-refractivity contribution is -0.123. The number of nitrogens with zero attached hydrogens (tertiary/aromatic N) is 1. The van der Waals surface area contributed by atoms with Gasteiger partial charge < -0.3 is 14.8 Å². The van der Waals surface area contributed by atoms with Gasteiger partial charge in [-0.15, -0.1) is 0 Å². The summed E-state index contributed by atoms with van der Waals surface area (Å²) in [5.74, 6) is 0.705. The maximum atomic E-state index is 12.4. The predicted molar refractivity (Wildman–Crippen MR) is 104 cm³/mol. The number of rotatable bonds is 8. The molecular formula is C22H20N2O4. The molecule has 1 amide bonds. The highest BCUT2D eigenvalue weighted by molar-refractivity contribution is 6.08. The number of aromatic nitrogens is 1. The maximum absolute atomic E-state index is 12.4. The van der Waals surface area contributed by atoms with E-state index in [0.717, 1.165) is 5.56 Å². The molecule has 142 valence electrons. The summed E-state index contributed by atoms with van der Waals surface area (Å²) < 4.78 is 10.5. The summed E-state index contributed by atoms with van der Waals surface area (Å²) in [5, 5.41) is 2.77. The number of benzene rings is 2. The van der Waals surface area contributed by atoms with Gasteiger partial charge in [-0.25, -0.2) is 4.98 Å². The van der Waals surface area contributed by atoms with Crippen LogP contribution in [-0.2, 0) is 11.3 Å². The number of carbonyl (C=O) groups is 2. The van der Waals surface area contributed by atoms with Gasteiger partial charge in [0.1, 0.15) is 5.75 Å². The lowest BCUT2D eigenvalue weighted by Gasteiger charge is -2.09. The highest BCUT2D eigenvalue weighted by atomic mass is 16.5. The fraction of sp³-hybridized carbons (Fsp3) is 0.136. The van der Waals surface area contributed by atoms with E-state index in [2.05, 4.69) is 10.3 Å². The molecule has 1 N–H and O–H groups in total. The molecule has 1 aromatic heterocycles. The van der Waals surface area contributed by atoms with Gasteiger partial charge in [0.15, 0.2) is 12.4 Å². The van der Waals surface area contributed by atoms with E-state index < -0.39 is 0 Å². The van der Waals surface area contributed by atoms with Crippen molar-refractivity contribution >= 4 is 11.7 Å². The molecule has 1 heterocycles. The van der Waals surface area contributed by atoms with Crippen LogP contribution in [0, 0.1) is 0 Å². The van der Waals surface area contributed by atoms with Crippen molar-refractivity contribution in [1.82, 2.24) is 10.3 Å². The largest absolute Gasteiger partial charge is 0.484 e. The Morgan fingerprint density at radius 3 is 2.39 bits per heavy atom. The Bertz CT molecular complexity index is 940. The molecule has 0 fully saturated rings. The number of ketones is 1. The molecule has 3 rings (SSSR count). The summed E-state index contributed by atoms with van der Waals surface area (Å²) in [6.45, 7) is 0.236. The van der Waals surface area contributed by atoms with Gasteiger partial charge >= 0.3 is 0 Å². The van der Waals surface area contributed by atoms with Gasteiger partial charge in [0.05, 0.1) is 7.11 Å². The van der Waals surface area contributed by atoms with E-state index in [0.29, 0.717) is 29.3 Å². The molecule has 0 unspecified atom stereocenters. The van der Waals surface area contributed by atoms with Crippen LogP contribution >= 0.6 is 0 Å². The Labute approximate surface area is 163 Å². The SMILES string of the molecule is COc1cc(CNC(=O)COc2ccc(C(=O)c3ccccc3)cc2)ccn1. The van der Waals surface area contributed by atoms with Gasteiger partial charge in [-0.2, -0.15) is 0 Å². The minimum Gasteiger partial charge on any atom is -0.484 e. The van der Waals surface area contributed by atoms with Crippen LogP contribution in [0.1, 0.15) is 21.5 Å². The summed E-state index contributed by atoms with van der Waals surface area (Å²) in [6.07, 6.45) is 1.62. The monoisotopic (exact) mass is 376 g/mol. The number of pyridine rings is 1. The lowest BCUT2D eigenvalue weighted by Crippen LogP contribution is -2.28. The quantitative estimate of drug-likeness (QED) is 0.612. The zero-order valence-corrected chi connectivity index (χ0v) is 15.4. The van der Waals surface area contributed by atoms with Gasteiger partial charge in [-0.05, 0) is 35.9 Å². The first-order chi connectivity index (χ1) is 13.7. The molecule has 0 atom stereocenters. The second-order valence-corrected chi connectivity index (χ2v) is 5.99. The van der Waals surface area contributed by atoms with Gasteiger partial charge in [-0.3, -0.25) is 9.59 Å². The number of hydrogen-bond acceptors (Lipinski definition) is 5. The Morgan fingerprint density at radius 1 is 0.964 bits per heavy atom. The maximum Gasteiger partial charge on any atom is 0.258 e. The van der Waals surface area contributed by atoms with E-state index >= 15 is 0 Å². The van der Waals surface area contributed by atoms with E-state index in [9.17, 15) is 9.59 Å². The van der Waals surface area contributed by atoms with E-state index in [4.69, 9.17) is 9.47 Å². The smallest absolute Gasteiger partial charge is 0.258 e. The number of methoxy groups -OCH3 is 1. The molecule has 0 saturated heterocycles. The highest BCUT2D eigenvalue weighted by Crippen LogP contribution is 2.15. The van der Waals surface area contributed by atoms with E-state index in [1.807, 2.05) is 18.2 Å². The molecule has 0 saturated carbocycles. The summed E-state index contributed by atoms with van der Waals surface area (Å²) in [6, 6.07) is 19.3. The topological polar surface area (TPSA) is 77.5 Å².